The van der Waals surface area contributed by atoms with Crippen LogP contribution in [0, 0.1) is 83.6 Å². The van der Waals surface area contributed by atoms with E-state index in [0.29, 0.717) is 99.3 Å². The van der Waals surface area contributed by atoms with E-state index in [1.807, 2.05) is 0 Å². The van der Waals surface area contributed by atoms with Crippen LogP contribution in [-0.4, -0.2) is 286 Å². The van der Waals surface area contributed by atoms with E-state index in [1.165, 1.54) is 39.3 Å². The molecular weight excluding hydrogens is 1090 g/mol. The highest BCUT2D eigenvalue weighted by atomic mass is 17.0. The molecule has 0 bridgehead atoms. The Bertz CT molecular complexity index is 1680. The highest BCUT2D eigenvalue weighted by Gasteiger charge is 2.33. The molecule has 0 radical (unpaired) electrons. The molecule has 8 rings (SSSR count). The molecule has 0 unspecified atom stereocenters. The van der Waals surface area contributed by atoms with Gasteiger partial charge in [-0.05, 0) is 112 Å². The lowest BCUT2D eigenvalue weighted by Gasteiger charge is -2.42. The summed E-state index contributed by atoms with van der Waals surface area (Å²) in [5, 5.41) is 70.8. The van der Waals surface area contributed by atoms with Crippen molar-refractivity contribution in [1.82, 2.24) is 39.2 Å². The molecule has 0 aromatic heterocycles. The summed E-state index contributed by atoms with van der Waals surface area (Å²) in [5.41, 5.74) is 0. The second kappa shape index (κ2) is 42.9. The molecule has 0 aromatic rings. The van der Waals surface area contributed by atoms with Crippen molar-refractivity contribution in [3.8, 4) is 0 Å². The molecule has 0 amide bonds. The zero-order valence-electron chi connectivity index (χ0n) is 55.2. The third-order valence-corrected chi connectivity index (χ3v) is 16.0. The van der Waals surface area contributed by atoms with Gasteiger partial charge in [0.1, 0.15) is 19.3 Å². The summed E-state index contributed by atoms with van der Waals surface area (Å²) in [7, 11) is 0. The molecule has 498 valence electrons. The highest BCUT2D eigenvalue weighted by Crippen LogP contribution is 2.23. The van der Waals surface area contributed by atoms with E-state index in [2.05, 4.69) is 164 Å². The van der Waals surface area contributed by atoms with Crippen LogP contribution < -0.4 is 0 Å². The number of β-amino-alcohol motifs (C(OH)–C–C–N with tert-alkyl or cyclic N) is 1. The molecule has 0 spiro atoms. The van der Waals surface area contributed by atoms with Gasteiger partial charge in [-0.3, -0.25) is 9.80 Å². The Morgan fingerprint density at radius 1 is 0.381 bits per heavy atom. The molecule has 84 heavy (non-hydrogen) atoms. The monoisotopic (exact) mass is 1210 g/mol. The predicted molar refractivity (Wildman–Crippen MR) is 330 cm³/mol. The first-order valence-electron chi connectivity index (χ1n) is 31.7. The second-order valence-corrected chi connectivity index (χ2v) is 27.3. The summed E-state index contributed by atoms with van der Waals surface area (Å²) in [6.07, 6.45) is 1.74. The van der Waals surface area contributed by atoms with Gasteiger partial charge < -0.3 is 69.4 Å². The zero-order valence-corrected chi connectivity index (χ0v) is 55.2. The number of nitrogens with zero attached hydrogens (tertiary/aromatic N) is 11. The number of aliphatic hydroxyl groups excluding tert-OH is 5. The third-order valence-electron chi connectivity index (χ3n) is 16.0. The lowest BCUT2D eigenvalue weighted by atomic mass is 9.95. The van der Waals surface area contributed by atoms with E-state index < -0.39 is 15.3 Å². The average Bonchev–Trinajstić information content (AvgIpc) is 3.28. The van der Waals surface area contributed by atoms with Crippen LogP contribution in [0.5, 0.6) is 0 Å². The molecule has 8 fully saturated rings. The van der Waals surface area contributed by atoms with Crippen molar-refractivity contribution in [1.29, 1.82) is 0 Å². The minimum Gasteiger partial charge on any atom is -0.396 e. The van der Waals surface area contributed by atoms with Crippen LogP contribution in [0.25, 0.3) is 0 Å². The first kappa shape index (κ1) is 79.1. The maximum atomic E-state index is 9.87. The van der Waals surface area contributed by atoms with Gasteiger partial charge >= 0.3 is 0 Å². The van der Waals surface area contributed by atoms with Gasteiger partial charge in [0.2, 0.25) is 0 Å². The Balaban J connectivity index is 0.000000482. The Morgan fingerprint density at radius 3 is 0.917 bits per heavy atom. The molecule has 25 heteroatoms. The maximum Gasteiger partial charge on any atom is 0.294 e. The highest BCUT2D eigenvalue weighted by molar-refractivity contribution is 4.86. The summed E-state index contributed by atoms with van der Waals surface area (Å²) in [6.45, 7) is 56.2. The molecule has 8 saturated heterocycles. The Morgan fingerprint density at radius 2 is 0.643 bits per heavy atom. The van der Waals surface area contributed by atoms with Crippen LogP contribution in [-0.2, 0) is 14.5 Å². The van der Waals surface area contributed by atoms with Crippen LogP contribution >= 0.6 is 0 Å². The molecule has 5 N–H and O–H groups in total. The van der Waals surface area contributed by atoms with E-state index in [9.17, 15) is 30.3 Å². The van der Waals surface area contributed by atoms with E-state index in [4.69, 9.17) is 25.5 Å². The van der Waals surface area contributed by atoms with Gasteiger partial charge in [0.05, 0.1) is 6.10 Å². The fourth-order valence-electron chi connectivity index (χ4n) is 10.6. The maximum absolute atomic E-state index is 9.87. The number of rotatable bonds is 25. The molecule has 0 aromatic carbocycles. The normalized spacial score (nSPS) is 20.8. The molecule has 8 heterocycles. The largest absolute Gasteiger partial charge is 0.396 e. The lowest BCUT2D eigenvalue weighted by molar-refractivity contribution is -0.771. The van der Waals surface area contributed by atoms with Gasteiger partial charge in [-0.15, -0.1) is 30.3 Å². The predicted octanol–water partition coefficient (Wildman–Crippen LogP) is 4.23. The standard InChI is InChI=1S/C9H19NO.C8H16N2O3.2C8H17NO.C7H14N2O3.C7H15NO.C6H12N2O3.C6H13NO/c1-8(2)5-10-6-9(7-10)3-4-11;1-7(2)3-9-4-8(5-9)6-13-10(11)12;1-7(2)3-9-4-8(5-9)6-10;1-7(2)9-5-8(6-9)3-4-10;1-6(2)8-3-7(4-8)5-12-9(10)11;1-6(2)8-3-7(4-8)5-9;1-5(2)7-3-6(4-7)11-8(9)10;1-5(2)7-3-6(8)4-7/h8-9,11H,3-7H2,1-2H3;7-8H,3-6H2,1-2H3;2*7-8,10H,3-6H2,1-2H3;6-7H,3-5H2,1-2H3;6-7,9H,3-5H2,1-2H3;5-6H,3-4H2,1-2H3;5-6,8H,3-4H2,1-2H3. The van der Waals surface area contributed by atoms with Crippen molar-refractivity contribution < 1.29 is 55.3 Å². The number of hydrogen-bond donors (Lipinski definition) is 5. The van der Waals surface area contributed by atoms with Crippen molar-refractivity contribution in [2.24, 2.45) is 53.3 Å². The quantitative estimate of drug-likeness (QED) is 0.0632. The van der Waals surface area contributed by atoms with Crippen molar-refractivity contribution in [2.75, 3.05) is 164 Å². The van der Waals surface area contributed by atoms with Gasteiger partial charge in [-0.25, -0.2) is 0 Å². The zero-order chi connectivity index (χ0) is 63.8. The fourth-order valence-corrected chi connectivity index (χ4v) is 10.6. The van der Waals surface area contributed by atoms with E-state index in [1.54, 1.807) is 0 Å². The van der Waals surface area contributed by atoms with E-state index in [0.717, 1.165) is 109 Å². The third kappa shape index (κ3) is 35.2. The molecule has 8 aliphatic heterocycles. The SMILES string of the molecule is CC(C)CN1CC(CCO)C1.CC(C)CN1CC(CO)C1.CC(C)CN1CC(CO[N+](=O)[O-])C1.CC(C)N1CC(CCO)C1.CC(C)N1CC(CO)C1.CC(C)N1CC(CO[N+](=O)[O-])C1.CC(C)N1CC(O)C1.CC(C)N1CC(O[N+](=O)[O-])C1. The Kier molecular flexibility index (Phi) is 40.4. The summed E-state index contributed by atoms with van der Waals surface area (Å²) < 4.78 is 0. The Hall–Kier alpha value is -2.92. The van der Waals surface area contributed by atoms with E-state index in [-0.39, 0.29) is 25.4 Å². The average molecular weight is 1210 g/mol. The van der Waals surface area contributed by atoms with Crippen LogP contribution in [0.4, 0.5) is 0 Å². The Labute approximate surface area is 506 Å². The first-order chi connectivity index (χ1) is 39.4. The lowest BCUT2D eigenvalue weighted by Crippen LogP contribution is -2.55. The van der Waals surface area contributed by atoms with Crippen LogP contribution in [0.15, 0.2) is 0 Å². The van der Waals surface area contributed by atoms with Crippen molar-refractivity contribution >= 4 is 0 Å². The minimum atomic E-state index is -0.724. The summed E-state index contributed by atoms with van der Waals surface area (Å²) >= 11 is 0. The summed E-state index contributed by atoms with van der Waals surface area (Å²) in [4.78, 5) is 61.0. The van der Waals surface area contributed by atoms with Gasteiger partial charge in [0.15, 0.2) is 0 Å². The molecule has 0 atom stereocenters. The van der Waals surface area contributed by atoms with Crippen LogP contribution in [0.3, 0.4) is 0 Å². The van der Waals surface area contributed by atoms with Crippen molar-refractivity contribution in [3.05, 3.63) is 30.3 Å². The molecule has 0 aliphatic carbocycles. The first-order valence-corrected chi connectivity index (χ1v) is 31.7. The topological polar surface area (TPSA) is 284 Å². The van der Waals surface area contributed by atoms with Gasteiger partial charge in [0, 0.05) is 205 Å². The van der Waals surface area contributed by atoms with Gasteiger partial charge in [0.25, 0.3) is 15.3 Å². The van der Waals surface area contributed by atoms with Gasteiger partial charge in [-0.2, -0.15) is 0 Å². The van der Waals surface area contributed by atoms with Crippen molar-refractivity contribution in [2.45, 2.75) is 166 Å². The summed E-state index contributed by atoms with van der Waals surface area (Å²) in [5.74, 6) is 5.58. The molecule has 8 aliphatic rings. The molecule has 25 nitrogen and oxygen atoms in total. The fraction of sp³-hybridized carbons (Fsp3) is 1.00. The molecule has 0 saturated carbocycles. The number of aliphatic hydroxyl groups is 5. The number of hydrogen-bond acceptors (Lipinski definition) is 22. The van der Waals surface area contributed by atoms with Crippen LogP contribution in [0.2, 0.25) is 0 Å². The van der Waals surface area contributed by atoms with E-state index >= 15 is 0 Å². The number of likely N-dealkylation sites (tertiary alicyclic amines) is 8. The minimum absolute atomic E-state index is 0.0441. The second-order valence-electron chi connectivity index (χ2n) is 27.3. The summed E-state index contributed by atoms with van der Waals surface area (Å²) in [6, 6.07) is 2.96. The van der Waals surface area contributed by atoms with Crippen molar-refractivity contribution in [3.63, 3.8) is 0 Å². The van der Waals surface area contributed by atoms with Crippen LogP contribution in [0.1, 0.15) is 124 Å². The molecular formula is C59H123N11O14. The van der Waals surface area contributed by atoms with Gasteiger partial charge in [-0.1, -0.05) is 41.5 Å². The smallest absolute Gasteiger partial charge is 0.294 e.